The molecule has 1 fully saturated rings. The molecule has 1 saturated heterocycles. The Morgan fingerprint density at radius 1 is 1.36 bits per heavy atom. The largest absolute Gasteiger partial charge is 0.376 e. The molecule has 0 unspecified atom stereocenters. The number of benzene rings is 1. The van der Waals surface area contributed by atoms with Gasteiger partial charge in [0.05, 0.1) is 23.7 Å². The maximum Gasteiger partial charge on any atom is 0.251 e. The maximum atomic E-state index is 12.6. The topological polar surface area (TPSA) is 85.2 Å². The number of fused-ring (bicyclic) bond motifs is 3. The minimum atomic E-state index is -0.0874. The van der Waals surface area contributed by atoms with Crippen LogP contribution < -0.4 is 5.32 Å². The first-order chi connectivity index (χ1) is 13.5. The maximum absolute atomic E-state index is 12.6. The molecule has 0 bridgehead atoms. The Morgan fingerprint density at radius 2 is 2.21 bits per heavy atom. The fraction of sp³-hybridized carbons (Fsp3) is 0.500. The summed E-state index contributed by atoms with van der Waals surface area (Å²) in [6.07, 6.45) is 2.33. The molecule has 1 atom stereocenters. The van der Waals surface area contributed by atoms with E-state index in [9.17, 15) is 4.79 Å². The van der Waals surface area contributed by atoms with Gasteiger partial charge >= 0.3 is 0 Å². The molecule has 3 aromatic rings. The summed E-state index contributed by atoms with van der Waals surface area (Å²) in [5.41, 5.74) is 2.89. The molecule has 2 aromatic heterocycles. The summed E-state index contributed by atoms with van der Waals surface area (Å²) in [5.74, 6) is 0.795. The highest BCUT2D eigenvalue weighted by Crippen LogP contribution is 2.26. The number of nitrogens with one attached hydrogen (secondary N) is 1. The lowest BCUT2D eigenvalue weighted by Gasteiger charge is -2.14. The van der Waals surface area contributed by atoms with Gasteiger partial charge in [-0.25, -0.2) is 4.98 Å². The summed E-state index contributed by atoms with van der Waals surface area (Å²) in [4.78, 5) is 19.2. The van der Waals surface area contributed by atoms with Gasteiger partial charge < -0.3 is 19.5 Å². The molecular weight excluding hydrogens is 356 g/mol. The number of carbonyl (C=O) groups excluding carboxylic acids is 1. The van der Waals surface area contributed by atoms with Gasteiger partial charge in [-0.2, -0.15) is 0 Å². The van der Waals surface area contributed by atoms with Crippen LogP contribution >= 0.6 is 0 Å². The Bertz CT molecular complexity index is 1010. The quantitative estimate of drug-likeness (QED) is 0.699. The van der Waals surface area contributed by atoms with Crippen LogP contribution in [-0.4, -0.2) is 70.5 Å². The van der Waals surface area contributed by atoms with E-state index in [1.54, 1.807) is 6.07 Å². The summed E-state index contributed by atoms with van der Waals surface area (Å²) < 4.78 is 7.96. The van der Waals surface area contributed by atoms with Crippen molar-refractivity contribution in [2.24, 2.45) is 0 Å². The van der Waals surface area contributed by atoms with E-state index < -0.39 is 0 Å². The van der Waals surface area contributed by atoms with Crippen LogP contribution in [0, 0.1) is 6.92 Å². The van der Waals surface area contributed by atoms with E-state index in [0.717, 1.165) is 54.8 Å². The predicted molar refractivity (Wildman–Crippen MR) is 107 cm³/mol. The highest BCUT2D eigenvalue weighted by Gasteiger charge is 2.21. The lowest BCUT2D eigenvalue weighted by molar-refractivity contribution is 0.0950. The van der Waals surface area contributed by atoms with Crippen LogP contribution in [0.25, 0.3) is 22.1 Å². The third-order valence-electron chi connectivity index (χ3n) is 5.16. The van der Waals surface area contributed by atoms with Gasteiger partial charge in [0.25, 0.3) is 5.91 Å². The lowest BCUT2D eigenvalue weighted by Crippen LogP contribution is -2.31. The molecule has 8 heteroatoms. The van der Waals surface area contributed by atoms with Gasteiger partial charge in [0.2, 0.25) is 5.65 Å². The summed E-state index contributed by atoms with van der Waals surface area (Å²) in [6, 6.07) is 5.54. The van der Waals surface area contributed by atoms with E-state index in [4.69, 9.17) is 4.74 Å². The highest BCUT2D eigenvalue weighted by molar-refractivity contribution is 6.05. The third-order valence-corrected chi connectivity index (χ3v) is 5.16. The summed E-state index contributed by atoms with van der Waals surface area (Å²) in [7, 11) is 3.96. The number of amides is 1. The Balaban J connectivity index is 1.71. The molecule has 0 spiro atoms. The van der Waals surface area contributed by atoms with Gasteiger partial charge in [0, 0.05) is 30.6 Å². The molecule has 1 N–H and O–H groups in total. The summed E-state index contributed by atoms with van der Waals surface area (Å²) in [6.45, 7) is 4.92. The normalized spacial score (nSPS) is 17.1. The van der Waals surface area contributed by atoms with Crippen LogP contribution in [0.15, 0.2) is 18.2 Å². The number of imidazole rings is 1. The van der Waals surface area contributed by atoms with Gasteiger partial charge in [0.15, 0.2) is 0 Å². The van der Waals surface area contributed by atoms with E-state index in [1.807, 2.05) is 38.1 Å². The first-order valence-electron chi connectivity index (χ1n) is 9.71. The van der Waals surface area contributed by atoms with E-state index >= 15 is 0 Å². The average Bonchev–Trinajstić information content (AvgIpc) is 3.29. The highest BCUT2D eigenvalue weighted by atomic mass is 16.5. The standard InChI is InChI=1S/C20H26N6O2/c1-13-22-19-18(26(13)12-15-5-4-10-28-15)16-11-14(6-7-17(16)23-24-19)20(27)21-8-9-25(2)3/h6-7,11,15H,4-5,8-10,12H2,1-3H3,(H,21,27)/t15-/m0/s1. The van der Waals surface area contributed by atoms with Crippen molar-refractivity contribution in [2.75, 3.05) is 33.8 Å². The number of ether oxygens (including phenoxy) is 1. The molecule has 4 rings (SSSR count). The van der Waals surface area contributed by atoms with Crippen LogP contribution in [0.1, 0.15) is 29.0 Å². The second-order valence-electron chi connectivity index (χ2n) is 7.57. The molecule has 0 aliphatic carbocycles. The van der Waals surface area contributed by atoms with Crippen molar-refractivity contribution in [3.05, 3.63) is 29.6 Å². The van der Waals surface area contributed by atoms with Crippen molar-refractivity contribution in [3.8, 4) is 0 Å². The van der Waals surface area contributed by atoms with Crippen molar-refractivity contribution in [1.29, 1.82) is 0 Å². The number of nitrogens with zero attached hydrogens (tertiary/aromatic N) is 5. The third kappa shape index (κ3) is 3.70. The van der Waals surface area contributed by atoms with E-state index in [-0.39, 0.29) is 12.0 Å². The fourth-order valence-electron chi connectivity index (χ4n) is 3.65. The van der Waals surface area contributed by atoms with Crippen molar-refractivity contribution in [1.82, 2.24) is 30.0 Å². The average molecular weight is 382 g/mol. The monoisotopic (exact) mass is 382 g/mol. The number of rotatable bonds is 6. The summed E-state index contributed by atoms with van der Waals surface area (Å²) in [5, 5.41) is 12.4. The SMILES string of the molecule is Cc1nc2nnc3ccc(C(=O)NCCN(C)C)cc3c2n1C[C@@H]1CCCO1. The number of aryl methyl sites for hydroxylation is 1. The molecule has 148 valence electrons. The molecule has 28 heavy (non-hydrogen) atoms. The first kappa shape index (κ1) is 18.8. The predicted octanol–water partition coefficient (Wildman–Crippen LogP) is 1.76. The Morgan fingerprint density at radius 3 is 2.96 bits per heavy atom. The van der Waals surface area contributed by atoms with Gasteiger partial charge in [-0.05, 0) is 52.1 Å². The zero-order valence-corrected chi connectivity index (χ0v) is 16.6. The van der Waals surface area contributed by atoms with Crippen LogP contribution in [-0.2, 0) is 11.3 Å². The molecular formula is C20H26N6O2. The number of aromatic nitrogens is 4. The number of carbonyl (C=O) groups is 1. The van der Waals surface area contributed by atoms with Crippen molar-refractivity contribution in [2.45, 2.75) is 32.4 Å². The minimum absolute atomic E-state index is 0.0874. The smallest absolute Gasteiger partial charge is 0.251 e. The van der Waals surface area contributed by atoms with Crippen molar-refractivity contribution in [3.63, 3.8) is 0 Å². The molecule has 8 nitrogen and oxygen atoms in total. The molecule has 1 aliphatic rings. The number of hydrogen-bond acceptors (Lipinski definition) is 6. The fourth-order valence-corrected chi connectivity index (χ4v) is 3.65. The second-order valence-corrected chi connectivity index (χ2v) is 7.57. The van der Waals surface area contributed by atoms with Gasteiger partial charge in [0.1, 0.15) is 5.82 Å². The zero-order valence-electron chi connectivity index (χ0n) is 16.6. The molecule has 0 radical (unpaired) electrons. The minimum Gasteiger partial charge on any atom is -0.376 e. The van der Waals surface area contributed by atoms with Gasteiger partial charge in [-0.3, -0.25) is 4.79 Å². The van der Waals surface area contributed by atoms with Crippen molar-refractivity contribution < 1.29 is 9.53 Å². The molecule has 0 saturated carbocycles. The first-order valence-corrected chi connectivity index (χ1v) is 9.71. The van der Waals surface area contributed by atoms with E-state index in [0.29, 0.717) is 17.8 Å². The molecule has 1 amide bonds. The number of likely N-dealkylation sites (N-methyl/N-ethyl adjacent to an activating group) is 1. The second kappa shape index (κ2) is 7.81. The van der Waals surface area contributed by atoms with Gasteiger partial charge in [-0.1, -0.05) is 0 Å². The van der Waals surface area contributed by atoms with E-state index in [1.165, 1.54) is 0 Å². The van der Waals surface area contributed by atoms with Crippen LogP contribution in [0.3, 0.4) is 0 Å². The van der Waals surface area contributed by atoms with Crippen LogP contribution in [0.5, 0.6) is 0 Å². The van der Waals surface area contributed by atoms with Crippen LogP contribution in [0.2, 0.25) is 0 Å². The molecule has 1 aliphatic heterocycles. The van der Waals surface area contributed by atoms with Crippen LogP contribution in [0.4, 0.5) is 0 Å². The summed E-state index contributed by atoms with van der Waals surface area (Å²) >= 11 is 0. The number of hydrogen-bond donors (Lipinski definition) is 1. The Kier molecular flexibility index (Phi) is 5.23. The van der Waals surface area contributed by atoms with Gasteiger partial charge in [-0.15, -0.1) is 10.2 Å². The molecule has 1 aromatic carbocycles. The molecule has 3 heterocycles. The van der Waals surface area contributed by atoms with E-state index in [2.05, 4.69) is 25.1 Å². The Hall–Kier alpha value is -2.58. The Labute approximate surface area is 163 Å². The lowest BCUT2D eigenvalue weighted by atomic mass is 10.1. The van der Waals surface area contributed by atoms with Crippen molar-refractivity contribution >= 4 is 28.0 Å². The zero-order chi connectivity index (χ0) is 19.7.